The number of hydrogen-bond acceptors (Lipinski definition) is 6. The molecule has 0 spiro atoms. The highest BCUT2D eigenvalue weighted by Crippen LogP contribution is 2.26. The Bertz CT molecular complexity index is 870. The van der Waals surface area contributed by atoms with Crippen LogP contribution in [0.15, 0.2) is 54.6 Å². The van der Waals surface area contributed by atoms with E-state index in [-0.39, 0.29) is 6.10 Å². The van der Waals surface area contributed by atoms with E-state index in [9.17, 15) is 4.79 Å². The van der Waals surface area contributed by atoms with Gasteiger partial charge in [0.25, 0.3) is 0 Å². The highest BCUT2D eigenvalue weighted by molar-refractivity contribution is 7.15. The highest BCUT2D eigenvalue weighted by atomic mass is 32.1. The third-order valence-corrected chi connectivity index (χ3v) is 4.39. The van der Waals surface area contributed by atoms with Crippen LogP contribution in [0.5, 0.6) is 11.5 Å². The van der Waals surface area contributed by atoms with Crippen molar-refractivity contribution in [3.8, 4) is 11.5 Å². The van der Waals surface area contributed by atoms with E-state index < -0.39 is 6.03 Å². The first-order valence-electron chi connectivity index (χ1n) is 7.91. The number of rotatable bonds is 6. The van der Waals surface area contributed by atoms with Crippen LogP contribution in [-0.2, 0) is 0 Å². The van der Waals surface area contributed by atoms with Crippen molar-refractivity contribution in [2.75, 3.05) is 17.7 Å². The van der Waals surface area contributed by atoms with Gasteiger partial charge < -0.3 is 14.8 Å². The predicted octanol–water partition coefficient (Wildman–Crippen LogP) is 4.33. The number of carbonyl (C=O) groups excluding carboxylic acids is 1. The fourth-order valence-electron chi connectivity index (χ4n) is 2.16. The summed E-state index contributed by atoms with van der Waals surface area (Å²) in [5, 5.41) is 14.5. The third-order valence-electron chi connectivity index (χ3n) is 3.39. The summed E-state index contributed by atoms with van der Waals surface area (Å²) in [7, 11) is 1.57. The summed E-state index contributed by atoms with van der Waals surface area (Å²) in [6, 6.07) is 16.1. The molecule has 0 saturated carbocycles. The average molecular weight is 370 g/mol. The normalized spacial score (nSPS) is 11.5. The smallest absolute Gasteiger partial charge is 0.325 e. The number of hydrogen-bond donors (Lipinski definition) is 2. The molecule has 0 radical (unpaired) electrons. The van der Waals surface area contributed by atoms with Crippen LogP contribution >= 0.6 is 11.3 Å². The van der Waals surface area contributed by atoms with Crippen LogP contribution < -0.4 is 20.1 Å². The lowest BCUT2D eigenvalue weighted by atomic mass is 10.3. The van der Waals surface area contributed by atoms with Gasteiger partial charge in [-0.15, -0.1) is 10.2 Å². The van der Waals surface area contributed by atoms with E-state index in [1.54, 1.807) is 31.4 Å². The second-order valence-corrected chi connectivity index (χ2v) is 6.34. The molecule has 2 amide bonds. The molecule has 134 valence electrons. The Morgan fingerprint density at radius 2 is 1.81 bits per heavy atom. The Kier molecular flexibility index (Phi) is 5.65. The van der Waals surface area contributed by atoms with Gasteiger partial charge in [0, 0.05) is 11.8 Å². The molecule has 0 saturated heterocycles. The average Bonchev–Trinajstić information content (AvgIpc) is 3.11. The molecular formula is C18H18N4O3S. The lowest BCUT2D eigenvalue weighted by molar-refractivity contribution is 0.225. The van der Waals surface area contributed by atoms with Crippen molar-refractivity contribution < 1.29 is 14.3 Å². The molecule has 0 aliphatic carbocycles. The molecule has 0 bridgehead atoms. The first-order valence-corrected chi connectivity index (χ1v) is 8.73. The Hall–Kier alpha value is -3.13. The molecule has 7 nitrogen and oxygen atoms in total. The van der Waals surface area contributed by atoms with Gasteiger partial charge in [-0.1, -0.05) is 35.6 Å². The SMILES string of the molecule is COc1cccc(NC(=O)Nc2nnc([C@@H](C)Oc3ccccc3)s2)c1. The number of ether oxygens (including phenoxy) is 2. The second-order valence-electron chi connectivity index (χ2n) is 5.33. The van der Waals surface area contributed by atoms with Gasteiger partial charge in [0.1, 0.15) is 17.6 Å². The monoisotopic (exact) mass is 370 g/mol. The maximum atomic E-state index is 12.1. The molecule has 3 aromatic rings. The molecule has 2 N–H and O–H groups in total. The Balaban J connectivity index is 1.58. The van der Waals surface area contributed by atoms with Crippen LogP contribution in [0, 0.1) is 0 Å². The van der Waals surface area contributed by atoms with E-state index in [4.69, 9.17) is 9.47 Å². The molecule has 2 aromatic carbocycles. The maximum absolute atomic E-state index is 12.1. The van der Waals surface area contributed by atoms with Crippen LogP contribution in [0.1, 0.15) is 18.0 Å². The number of para-hydroxylation sites is 1. The molecule has 0 unspecified atom stereocenters. The van der Waals surface area contributed by atoms with Crippen molar-refractivity contribution in [2.24, 2.45) is 0 Å². The minimum absolute atomic E-state index is 0.271. The summed E-state index contributed by atoms with van der Waals surface area (Å²) in [5.41, 5.74) is 0.618. The van der Waals surface area contributed by atoms with Gasteiger partial charge in [0.05, 0.1) is 7.11 Å². The fraction of sp³-hybridized carbons (Fsp3) is 0.167. The largest absolute Gasteiger partial charge is 0.497 e. The molecule has 0 aliphatic rings. The van der Waals surface area contributed by atoms with E-state index in [0.29, 0.717) is 21.6 Å². The zero-order valence-electron chi connectivity index (χ0n) is 14.3. The third kappa shape index (κ3) is 4.70. The molecule has 26 heavy (non-hydrogen) atoms. The van der Waals surface area contributed by atoms with Gasteiger partial charge in [0.2, 0.25) is 5.13 Å². The summed E-state index contributed by atoms with van der Waals surface area (Å²) in [6.45, 7) is 1.88. The first kappa shape index (κ1) is 17.7. The minimum atomic E-state index is -0.405. The van der Waals surface area contributed by atoms with Crippen LogP contribution in [-0.4, -0.2) is 23.3 Å². The van der Waals surface area contributed by atoms with Crippen molar-refractivity contribution in [3.63, 3.8) is 0 Å². The van der Waals surface area contributed by atoms with Crippen molar-refractivity contribution >= 4 is 28.2 Å². The summed E-state index contributed by atoms with van der Waals surface area (Å²) in [5.74, 6) is 1.41. The van der Waals surface area contributed by atoms with Gasteiger partial charge in [-0.25, -0.2) is 4.79 Å². The van der Waals surface area contributed by atoms with E-state index in [1.165, 1.54) is 11.3 Å². The standard InChI is InChI=1S/C18H18N4O3S/c1-12(25-14-8-4-3-5-9-14)16-21-22-18(26-16)20-17(23)19-13-7-6-10-15(11-13)24-2/h3-12H,1-2H3,(H2,19,20,22,23)/t12-/m1/s1. The zero-order valence-corrected chi connectivity index (χ0v) is 15.1. The number of nitrogens with zero attached hydrogens (tertiary/aromatic N) is 2. The lowest BCUT2D eigenvalue weighted by Gasteiger charge is -2.11. The van der Waals surface area contributed by atoms with Gasteiger partial charge in [-0.05, 0) is 31.2 Å². The number of methoxy groups -OCH3 is 1. The predicted molar refractivity (Wildman–Crippen MR) is 101 cm³/mol. The van der Waals surface area contributed by atoms with Gasteiger partial charge in [0.15, 0.2) is 5.01 Å². The van der Waals surface area contributed by atoms with Crippen LogP contribution in [0.4, 0.5) is 15.6 Å². The van der Waals surface area contributed by atoms with E-state index in [1.807, 2.05) is 37.3 Å². The quantitative estimate of drug-likeness (QED) is 0.674. The van der Waals surface area contributed by atoms with Crippen molar-refractivity contribution in [2.45, 2.75) is 13.0 Å². The zero-order chi connectivity index (χ0) is 18.4. The number of nitrogens with one attached hydrogen (secondary N) is 2. The number of urea groups is 1. The Morgan fingerprint density at radius 1 is 1.04 bits per heavy atom. The Morgan fingerprint density at radius 3 is 2.58 bits per heavy atom. The van der Waals surface area contributed by atoms with Crippen molar-refractivity contribution in [1.29, 1.82) is 0 Å². The first-order chi connectivity index (χ1) is 12.6. The molecule has 0 fully saturated rings. The molecular weight excluding hydrogens is 352 g/mol. The van der Waals surface area contributed by atoms with Gasteiger partial charge in [-0.2, -0.15) is 0 Å². The summed E-state index contributed by atoms with van der Waals surface area (Å²) in [4.78, 5) is 12.1. The van der Waals surface area contributed by atoms with E-state index in [2.05, 4.69) is 20.8 Å². The second kappa shape index (κ2) is 8.30. The number of aromatic nitrogens is 2. The van der Waals surface area contributed by atoms with Crippen molar-refractivity contribution in [3.05, 3.63) is 59.6 Å². The topological polar surface area (TPSA) is 85.4 Å². The molecule has 0 aliphatic heterocycles. The summed E-state index contributed by atoms with van der Waals surface area (Å²) < 4.78 is 10.9. The molecule has 8 heteroatoms. The number of benzene rings is 2. The van der Waals surface area contributed by atoms with Crippen LogP contribution in [0.25, 0.3) is 0 Å². The van der Waals surface area contributed by atoms with Crippen LogP contribution in [0.2, 0.25) is 0 Å². The number of amides is 2. The summed E-state index contributed by atoms with van der Waals surface area (Å²) >= 11 is 1.26. The molecule has 1 aromatic heterocycles. The number of anilines is 2. The fourth-order valence-corrected chi connectivity index (χ4v) is 2.88. The maximum Gasteiger partial charge on any atom is 0.325 e. The lowest BCUT2D eigenvalue weighted by Crippen LogP contribution is -2.19. The molecule has 3 rings (SSSR count). The minimum Gasteiger partial charge on any atom is -0.497 e. The van der Waals surface area contributed by atoms with Gasteiger partial charge in [-0.3, -0.25) is 5.32 Å². The number of carbonyl (C=O) groups is 1. The molecule has 1 atom stereocenters. The van der Waals surface area contributed by atoms with Crippen molar-refractivity contribution in [1.82, 2.24) is 10.2 Å². The molecule has 1 heterocycles. The van der Waals surface area contributed by atoms with E-state index >= 15 is 0 Å². The Labute approximate surface area is 155 Å². The summed E-state index contributed by atoms with van der Waals surface area (Å²) in [6.07, 6.45) is -0.271. The van der Waals surface area contributed by atoms with Crippen LogP contribution in [0.3, 0.4) is 0 Å². The van der Waals surface area contributed by atoms with Gasteiger partial charge >= 0.3 is 6.03 Å². The highest BCUT2D eigenvalue weighted by Gasteiger charge is 2.15. The van der Waals surface area contributed by atoms with E-state index in [0.717, 1.165) is 5.75 Å².